The molecule has 0 bridgehead atoms. The van der Waals surface area contributed by atoms with Crippen molar-refractivity contribution in [2.75, 3.05) is 29.4 Å². The van der Waals surface area contributed by atoms with Crippen molar-refractivity contribution in [1.82, 2.24) is 10.3 Å². The number of hydrogen-bond acceptors (Lipinski definition) is 3. The first-order valence-electron chi connectivity index (χ1n) is 8.24. The molecule has 0 saturated carbocycles. The molecule has 3 heterocycles. The standard InChI is InChI=1S/C18H19ClN4O/c19-15-4-3-5-16-14(15)8-11-23(16)18(24)21-13-7-10-22(12-13)17-6-1-2-9-20-17/h1-6,9,13H,7-8,10-12H2,(H,21,24)/t13-/m1/s1. The lowest BCUT2D eigenvalue weighted by molar-refractivity contribution is 0.244. The Morgan fingerprint density at radius 1 is 1.21 bits per heavy atom. The number of rotatable bonds is 2. The lowest BCUT2D eigenvalue weighted by atomic mass is 10.2. The Hall–Kier alpha value is -2.27. The van der Waals surface area contributed by atoms with Gasteiger partial charge in [-0.1, -0.05) is 23.7 Å². The van der Waals surface area contributed by atoms with Crippen molar-refractivity contribution in [3.05, 3.63) is 53.2 Å². The molecule has 0 spiro atoms. The number of carbonyl (C=O) groups excluding carboxylic acids is 1. The number of urea groups is 1. The summed E-state index contributed by atoms with van der Waals surface area (Å²) in [5.41, 5.74) is 2.00. The Morgan fingerprint density at radius 3 is 2.96 bits per heavy atom. The number of fused-ring (bicyclic) bond motifs is 1. The Bertz CT molecular complexity index is 752. The zero-order valence-corrected chi connectivity index (χ0v) is 14.0. The number of benzene rings is 1. The molecule has 0 unspecified atom stereocenters. The molecule has 4 rings (SSSR count). The molecule has 1 saturated heterocycles. The van der Waals surface area contributed by atoms with Gasteiger partial charge >= 0.3 is 6.03 Å². The van der Waals surface area contributed by atoms with E-state index >= 15 is 0 Å². The maximum absolute atomic E-state index is 12.7. The fourth-order valence-electron chi connectivity index (χ4n) is 3.48. The summed E-state index contributed by atoms with van der Waals surface area (Å²) in [6, 6.07) is 11.7. The van der Waals surface area contributed by atoms with Crippen molar-refractivity contribution in [2.24, 2.45) is 0 Å². The summed E-state index contributed by atoms with van der Waals surface area (Å²) in [6.07, 6.45) is 3.54. The summed E-state index contributed by atoms with van der Waals surface area (Å²) in [7, 11) is 0. The minimum atomic E-state index is -0.0381. The largest absolute Gasteiger partial charge is 0.354 e. The molecule has 1 aromatic carbocycles. The number of hydrogen-bond donors (Lipinski definition) is 1. The molecule has 0 radical (unpaired) electrons. The highest BCUT2D eigenvalue weighted by Gasteiger charge is 2.30. The number of pyridine rings is 1. The first-order chi connectivity index (χ1) is 11.7. The van der Waals surface area contributed by atoms with Gasteiger partial charge in [-0.05, 0) is 42.7 Å². The van der Waals surface area contributed by atoms with Crippen LogP contribution in [0.25, 0.3) is 0 Å². The molecule has 2 aliphatic rings. The van der Waals surface area contributed by atoms with Crippen LogP contribution in [0.15, 0.2) is 42.6 Å². The molecule has 1 aromatic heterocycles. The summed E-state index contributed by atoms with van der Waals surface area (Å²) < 4.78 is 0. The number of aromatic nitrogens is 1. The van der Waals surface area contributed by atoms with E-state index in [1.807, 2.05) is 36.4 Å². The van der Waals surface area contributed by atoms with E-state index in [-0.39, 0.29) is 12.1 Å². The minimum Gasteiger partial charge on any atom is -0.354 e. The van der Waals surface area contributed by atoms with E-state index in [0.29, 0.717) is 6.54 Å². The zero-order chi connectivity index (χ0) is 16.5. The molecule has 1 fully saturated rings. The highest BCUT2D eigenvalue weighted by molar-refractivity contribution is 6.32. The van der Waals surface area contributed by atoms with Gasteiger partial charge in [0.25, 0.3) is 0 Å². The van der Waals surface area contributed by atoms with Crippen molar-refractivity contribution < 1.29 is 4.79 Å². The van der Waals surface area contributed by atoms with Crippen molar-refractivity contribution >= 4 is 29.1 Å². The third kappa shape index (κ3) is 2.80. The van der Waals surface area contributed by atoms with Crippen LogP contribution >= 0.6 is 11.6 Å². The average molecular weight is 343 g/mol. The maximum Gasteiger partial charge on any atom is 0.322 e. The third-order valence-corrected chi connectivity index (χ3v) is 5.06. The van der Waals surface area contributed by atoms with E-state index in [1.165, 1.54) is 0 Å². The fraction of sp³-hybridized carbons (Fsp3) is 0.333. The summed E-state index contributed by atoms with van der Waals surface area (Å²) in [5.74, 6) is 0.965. The highest BCUT2D eigenvalue weighted by Crippen LogP contribution is 2.33. The maximum atomic E-state index is 12.7. The van der Waals surface area contributed by atoms with Gasteiger partial charge in [-0.2, -0.15) is 0 Å². The number of nitrogens with one attached hydrogen (secondary N) is 1. The molecule has 6 heteroatoms. The second-order valence-corrected chi connectivity index (χ2v) is 6.62. The number of halogens is 1. The van der Waals surface area contributed by atoms with Crippen LogP contribution in [0.2, 0.25) is 5.02 Å². The van der Waals surface area contributed by atoms with Gasteiger partial charge in [0.2, 0.25) is 0 Å². The van der Waals surface area contributed by atoms with Crippen molar-refractivity contribution in [3.8, 4) is 0 Å². The SMILES string of the molecule is O=C(N[C@@H]1CCN(c2ccccn2)C1)N1CCc2c(Cl)cccc21. The highest BCUT2D eigenvalue weighted by atomic mass is 35.5. The van der Waals surface area contributed by atoms with Gasteiger partial charge < -0.3 is 10.2 Å². The first-order valence-corrected chi connectivity index (χ1v) is 8.61. The van der Waals surface area contributed by atoms with E-state index < -0.39 is 0 Å². The fourth-order valence-corrected chi connectivity index (χ4v) is 3.75. The number of anilines is 2. The average Bonchev–Trinajstić information content (AvgIpc) is 3.23. The molecule has 1 atom stereocenters. The number of amides is 2. The van der Waals surface area contributed by atoms with Crippen molar-refractivity contribution in [1.29, 1.82) is 0 Å². The summed E-state index contributed by atoms with van der Waals surface area (Å²) in [4.78, 5) is 21.0. The van der Waals surface area contributed by atoms with Crippen LogP contribution in [-0.4, -0.2) is 36.7 Å². The molecule has 2 aromatic rings. The van der Waals surface area contributed by atoms with E-state index in [0.717, 1.165) is 48.0 Å². The number of nitrogens with zero attached hydrogens (tertiary/aromatic N) is 3. The van der Waals surface area contributed by atoms with Crippen LogP contribution in [-0.2, 0) is 6.42 Å². The lowest BCUT2D eigenvalue weighted by Gasteiger charge is -2.22. The zero-order valence-electron chi connectivity index (χ0n) is 13.3. The molecule has 0 aliphatic carbocycles. The smallest absolute Gasteiger partial charge is 0.322 e. The van der Waals surface area contributed by atoms with Crippen LogP contribution in [0.3, 0.4) is 0 Å². The Kier molecular flexibility index (Phi) is 4.02. The lowest BCUT2D eigenvalue weighted by Crippen LogP contribution is -2.45. The van der Waals surface area contributed by atoms with E-state index in [2.05, 4.69) is 15.2 Å². The Morgan fingerprint density at radius 2 is 2.12 bits per heavy atom. The topological polar surface area (TPSA) is 48.5 Å². The quantitative estimate of drug-likeness (QED) is 0.912. The molecule has 1 N–H and O–H groups in total. The van der Waals surface area contributed by atoms with Gasteiger partial charge in [-0.15, -0.1) is 0 Å². The first kappa shape index (κ1) is 15.3. The van der Waals surface area contributed by atoms with Crippen LogP contribution < -0.4 is 15.1 Å². The Balaban J connectivity index is 1.41. The summed E-state index contributed by atoms with van der Waals surface area (Å²) >= 11 is 6.22. The predicted octanol–water partition coefficient (Wildman–Crippen LogP) is 3.09. The van der Waals surface area contributed by atoms with Crippen molar-refractivity contribution in [3.63, 3.8) is 0 Å². The van der Waals surface area contributed by atoms with Gasteiger partial charge in [0, 0.05) is 36.9 Å². The van der Waals surface area contributed by atoms with Crippen LogP contribution in [0.4, 0.5) is 16.3 Å². The summed E-state index contributed by atoms with van der Waals surface area (Å²) in [6.45, 7) is 2.38. The van der Waals surface area contributed by atoms with Gasteiger partial charge in [-0.25, -0.2) is 9.78 Å². The minimum absolute atomic E-state index is 0.0381. The van der Waals surface area contributed by atoms with Crippen molar-refractivity contribution in [2.45, 2.75) is 18.9 Å². The van der Waals surface area contributed by atoms with Gasteiger partial charge in [0.1, 0.15) is 5.82 Å². The van der Waals surface area contributed by atoms with E-state index in [9.17, 15) is 4.79 Å². The van der Waals surface area contributed by atoms with Crippen LogP contribution in [0.5, 0.6) is 0 Å². The molecule has 2 aliphatic heterocycles. The van der Waals surface area contributed by atoms with E-state index in [4.69, 9.17) is 11.6 Å². The molecule has 24 heavy (non-hydrogen) atoms. The molecule has 2 amide bonds. The third-order valence-electron chi connectivity index (χ3n) is 4.70. The van der Waals surface area contributed by atoms with E-state index in [1.54, 1.807) is 11.1 Å². The molecular weight excluding hydrogens is 324 g/mol. The number of carbonyl (C=O) groups is 1. The molecule has 124 valence electrons. The van der Waals surface area contributed by atoms with Gasteiger partial charge in [-0.3, -0.25) is 4.90 Å². The van der Waals surface area contributed by atoms with Gasteiger partial charge in [0.15, 0.2) is 0 Å². The van der Waals surface area contributed by atoms with Gasteiger partial charge in [0.05, 0.1) is 5.69 Å². The molecular formula is C18H19ClN4O. The monoisotopic (exact) mass is 342 g/mol. The second-order valence-electron chi connectivity index (χ2n) is 6.21. The van der Waals surface area contributed by atoms with Crippen LogP contribution in [0.1, 0.15) is 12.0 Å². The second kappa shape index (κ2) is 6.32. The molecule has 5 nitrogen and oxygen atoms in total. The normalized spacial score (nSPS) is 19.5. The Labute approximate surface area is 146 Å². The summed E-state index contributed by atoms with van der Waals surface area (Å²) in [5, 5.41) is 3.90. The van der Waals surface area contributed by atoms with Crippen LogP contribution in [0, 0.1) is 0 Å². The predicted molar refractivity (Wildman–Crippen MR) is 95.9 cm³/mol.